The van der Waals surface area contributed by atoms with Crippen LogP contribution in [0.1, 0.15) is 35.0 Å². The molecule has 1 fully saturated rings. The largest absolute Gasteiger partial charge is 0.497 e. The van der Waals surface area contributed by atoms with E-state index >= 15 is 0 Å². The quantitative estimate of drug-likeness (QED) is 0.840. The number of hydrogen-bond acceptors (Lipinski definition) is 3. The Balaban J connectivity index is 1.83. The fourth-order valence-electron chi connectivity index (χ4n) is 2.75. The van der Waals surface area contributed by atoms with Crippen LogP contribution in [-0.4, -0.2) is 24.5 Å². The molecule has 110 valence electrons. The molecular formula is C16H16BrNO3. The van der Waals surface area contributed by atoms with Crippen molar-refractivity contribution < 1.29 is 13.9 Å². The molecule has 2 heterocycles. The van der Waals surface area contributed by atoms with E-state index in [0.29, 0.717) is 10.4 Å². The monoisotopic (exact) mass is 349 g/mol. The summed E-state index contributed by atoms with van der Waals surface area (Å²) >= 11 is 3.23. The molecule has 1 amide bonds. The number of methoxy groups -OCH3 is 1. The van der Waals surface area contributed by atoms with Gasteiger partial charge in [0.05, 0.1) is 13.2 Å². The van der Waals surface area contributed by atoms with E-state index < -0.39 is 0 Å². The van der Waals surface area contributed by atoms with E-state index in [2.05, 4.69) is 15.9 Å². The summed E-state index contributed by atoms with van der Waals surface area (Å²) in [5.74, 6) is 1.14. The van der Waals surface area contributed by atoms with Gasteiger partial charge in [0.2, 0.25) is 0 Å². The van der Waals surface area contributed by atoms with E-state index in [1.807, 2.05) is 29.2 Å². The summed E-state index contributed by atoms with van der Waals surface area (Å²) < 4.78 is 11.1. The number of likely N-dealkylation sites (tertiary alicyclic amines) is 1. The molecule has 2 aromatic rings. The Labute approximate surface area is 131 Å². The van der Waals surface area contributed by atoms with Gasteiger partial charge >= 0.3 is 0 Å². The molecule has 21 heavy (non-hydrogen) atoms. The number of nitrogens with zero attached hydrogens (tertiary/aromatic N) is 1. The smallest absolute Gasteiger partial charge is 0.290 e. The zero-order chi connectivity index (χ0) is 14.8. The Bertz CT molecular complexity index is 635. The molecule has 0 radical (unpaired) electrons. The first kappa shape index (κ1) is 14.2. The van der Waals surface area contributed by atoms with Crippen molar-refractivity contribution in [2.24, 2.45) is 0 Å². The van der Waals surface area contributed by atoms with Gasteiger partial charge in [-0.25, -0.2) is 0 Å². The highest BCUT2D eigenvalue weighted by atomic mass is 79.9. The van der Waals surface area contributed by atoms with Crippen LogP contribution in [0.5, 0.6) is 5.75 Å². The molecule has 1 aromatic heterocycles. The fraction of sp³-hybridized carbons (Fsp3) is 0.312. The highest BCUT2D eigenvalue weighted by molar-refractivity contribution is 9.10. The first-order chi connectivity index (χ1) is 10.2. The van der Waals surface area contributed by atoms with Crippen molar-refractivity contribution in [3.8, 4) is 5.75 Å². The third-order valence-electron chi connectivity index (χ3n) is 3.80. The molecule has 1 aliphatic rings. The molecule has 0 saturated carbocycles. The maximum Gasteiger partial charge on any atom is 0.290 e. The Hall–Kier alpha value is -1.75. The summed E-state index contributed by atoms with van der Waals surface area (Å²) in [5, 5.41) is 0. The van der Waals surface area contributed by atoms with Gasteiger partial charge in [-0.1, -0.05) is 12.1 Å². The zero-order valence-corrected chi connectivity index (χ0v) is 13.3. The number of hydrogen-bond donors (Lipinski definition) is 0. The molecule has 1 unspecified atom stereocenters. The van der Waals surface area contributed by atoms with E-state index in [4.69, 9.17) is 9.15 Å². The van der Waals surface area contributed by atoms with Gasteiger partial charge in [-0.3, -0.25) is 4.79 Å². The number of halogens is 1. The summed E-state index contributed by atoms with van der Waals surface area (Å²) in [7, 11) is 1.65. The minimum atomic E-state index is -0.0565. The topological polar surface area (TPSA) is 42.7 Å². The second-order valence-electron chi connectivity index (χ2n) is 5.03. The average molecular weight is 350 g/mol. The van der Waals surface area contributed by atoms with Crippen molar-refractivity contribution in [3.05, 3.63) is 52.4 Å². The molecule has 0 spiro atoms. The molecule has 1 aromatic carbocycles. The predicted molar refractivity (Wildman–Crippen MR) is 82.4 cm³/mol. The van der Waals surface area contributed by atoms with Gasteiger partial charge in [0.25, 0.3) is 5.91 Å². The van der Waals surface area contributed by atoms with Crippen LogP contribution in [0.4, 0.5) is 0 Å². The van der Waals surface area contributed by atoms with Gasteiger partial charge in [0.1, 0.15) is 5.75 Å². The lowest BCUT2D eigenvalue weighted by Crippen LogP contribution is -2.30. The second-order valence-corrected chi connectivity index (χ2v) is 5.82. The van der Waals surface area contributed by atoms with Crippen molar-refractivity contribution in [1.29, 1.82) is 0 Å². The molecule has 5 heteroatoms. The first-order valence-electron chi connectivity index (χ1n) is 6.89. The van der Waals surface area contributed by atoms with Gasteiger partial charge in [0.15, 0.2) is 10.4 Å². The van der Waals surface area contributed by atoms with Crippen LogP contribution in [0.15, 0.2) is 45.5 Å². The maximum absolute atomic E-state index is 12.6. The molecular weight excluding hydrogens is 334 g/mol. The third-order valence-corrected chi connectivity index (χ3v) is 4.22. The molecule has 1 atom stereocenters. The zero-order valence-electron chi connectivity index (χ0n) is 11.7. The van der Waals surface area contributed by atoms with Crippen molar-refractivity contribution in [2.75, 3.05) is 13.7 Å². The average Bonchev–Trinajstić information content (AvgIpc) is 3.15. The molecule has 4 nitrogen and oxygen atoms in total. The van der Waals surface area contributed by atoms with Crippen LogP contribution in [-0.2, 0) is 0 Å². The van der Waals surface area contributed by atoms with Crippen molar-refractivity contribution >= 4 is 21.8 Å². The molecule has 0 bridgehead atoms. The van der Waals surface area contributed by atoms with E-state index in [-0.39, 0.29) is 11.9 Å². The highest BCUT2D eigenvalue weighted by Gasteiger charge is 2.31. The molecule has 1 saturated heterocycles. The Morgan fingerprint density at radius 2 is 2.05 bits per heavy atom. The molecule has 0 aliphatic carbocycles. The molecule has 1 aliphatic heterocycles. The number of benzene rings is 1. The highest BCUT2D eigenvalue weighted by Crippen LogP contribution is 2.34. The fourth-order valence-corrected chi connectivity index (χ4v) is 3.06. The number of amides is 1. The number of carbonyl (C=O) groups is 1. The van der Waals surface area contributed by atoms with Crippen LogP contribution in [0.3, 0.4) is 0 Å². The van der Waals surface area contributed by atoms with Gasteiger partial charge in [0, 0.05) is 6.54 Å². The second kappa shape index (κ2) is 5.93. The van der Waals surface area contributed by atoms with E-state index in [1.54, 1.807) is 19.2 Å². The summed E-state index contributed by atoms with van der Waals surface area (Å²) in [5.41, 5.74) is 1.13. The Morgan fingerprint density at radius 3 is 2.67 bits per heavy atom. The van der Waals surface area contributed by atoms with Crippen LogP contribution in [0, 0.1) is 0 Å². The lowest BCUT2D eigenvalue weighted by molar-refractivity contribution is 0.0702. The standard InChI is InChI=1S/C16H16BrNO3/c1-20-12-6-4-11(5-7-12)13-3-2-10-18(13)16(19)14-8-9-15(17)21-14/h4-9,13H,2-3,10H2,1H3. The summed E-state index contributed by atoms with van der Waals surface area (Å²) in [6.07, 6.45) is 1.98. The van der Waals surface area contributed by atoms with Crippen molar-refractivity contribution in [1.82, 2.24) is 4.90 Å². The number of ether oxygens (including phenoxy) is 1. The van der Waals surface area contributed by atoms with E-state index in [1.165, 1.54) is 0 Å². The number of carbonyl (C=O) groups excluding carboxylic acids is 1. The van der Waals surface area contributed by atoms with Gasteiger partial charge < -0.3 is 14.1 Å². The van der Waals surface area contributed by atoms with Crippen molar-refractivity contribution in [3.63, 3.8) is 0 Å². The number of furan rings is 1. The lowest BCUT2D eigenvalue weighted by atomic mass is 10.0. The maximum atomic E-state index is 12.6. The van der Waals surface area contributed by atoms with Gasteiger partial charge in [-0.2, -0.15) is 0 Å². The first-order valence-corrected chi connectivity index (χ1v) is 7.68. The minimum Gasteiger partial charge on any atom is -0.497 e. The van der Waals surface area contributed by atoms with Gasteiger partial charge in [-0.05, 0) is 58.6 Å². The Kier molecular flexibility index (Phi) is 4.01. The Morgan fingerprint density at radius 1 is 1.29 bits per heavy atom. The van der Waals surface area contributed by atoms with Crippen LogP contribution < -0.4 is 4.74 Å². The van der Waals surface area contributed by atoms with E-state index in [0.717, 1.165) is 30.7 Å². The third kappa shape index (κ3) is 2.83. The SMILES string of the molecule is COc1ccc(C2CCCN2C(=O)c2ccc(Br)o2)cc1. The molecule has 0 N–H and O–H groups in total. The summed E-state index contributed by atoms with van der Waals surface area (Å²) in [6.45, 7) is 0.758. The molecule has 3 rings (SSSR count). The van der Waals surface area contributed by atoms with Crippen molar-refractivity contribution in [2.45, 2.75) is 18.9 Å². The van der Waals surface area contributed by atoms with Crippen LogP contribution >= 0.6 is 15.9 Å². The number of rotatable bonds is 3. The normalized spacial score (nSPS) is 18.0. The summed E-state index contributed by atoms with van der Waals surface area (Å²) in [6, 6.07) is 11.5. The summed E-state index contributed by atoms with van der Waals surface area (Å²) in [4.78, 5) is 14.4. The van der Waals surface area contributed by atoms with Crippen LogP contribution in [0.2, 0.25) is 0 Å². The van der Waals surface area contributed by atoms with Crippen LogP contribution in [0.25, 0.3) is 0 Å². The minimum absolute atomic E-state index is 0.0565. The van der Waals surface area contributed by atoms with Gasteiger partial charge in [-0.15, -0.1) is 0 Å². The predicted octanol–water partition coefficient (Wildman–Crippen LogP) is 4.03. The lowest BCUT2D eigenvalue weighted by Gasteiger charge is -2.24. The van der Waals surface area contributed by atoms with E-state index in [9.17, 15) is 4.79 Å².